The lowest BCUT2D eigenvalue weighted by molar-refractivity contribution is -0.132. The van der Waals surface area contributed by atoms with E-state index in [0.717, 1.165) is 18.0 Å². The zero-order chi connectivity index (χ0) is 16.4. The summed E-state index contributed by atoms with van der Waals surface area (Å²) in [6.45, 7) is 1.88. The molecule has 0 aromatic carbocycles. The summed E-state index contributed by atoms with van der Waals surface area (Å²) in [5.74, 6) is 0.975. The van der Waals surface area contributed by atoms with Gasteiger partial charge in [-0.2, -0.15) is 0 Å². The Kier molecular flexibility index (Phi) is 4.23. The fourth-order valence-electron chi connectivity index (χ4n) is 3.22. The molecule has 7 heteroatoms. The van der Waals surface area contributed by atoms with Crippen molar-refractivity contribution in [2.24, 2.45) is 5.73 Å². The van der Waals surface area contributed by atoms with Crippen LogP contribution in [0.1, 0.15) is 12.8 Å². The highest BCUT2D eigenvalue weighted by Crippen LogP contribution is 2.28. The van der Waals surface area contributed by atoms with Crippen LogP contribution in [0.25, 0.3) is 5.65 Å². The van der Waals surface area contributed by atoms with E-state index in [4.69, 9.17) is 5.73 Å². The standard InChI is InChI=1S/C16H23N5O2/c1-19(15(22)5-7-17)11-16(23)6-9-20(12-16)14-4-2-3-13-18-8-10-21(13)14/h2-4,8,10,23H,5-7,9,11-12,17H2,1H3/t16-/m1/s1. The molecule has 3 N–H and O–H groups in total. The molecule has 3 rings (SSSR count). The first-order valence-electron chi connectivity index (χ1n) is 7.86. The fourth-order valence-corrected chi connectivity index (χ4v) is 3.22. The van der Waals surface area contributed by atoms with Crippen molar-refractivity contribution in [2.75, 3.05) is 38.1 Å². The summed E-state index contributed by atoms with van der Waals surface area (Å²) >= 11 is 0. The van der Waals surface area contributed by atoms with Gasteiger partial charge in [-0.25, -0.2) is 4.98 Å². The molecule has 0 aliphatic carbocycles. The number of amides is 1. The largest absolute Gasteiger partial charge is 0.386 e. The Bertz CT molecular complexity index is 701. The van der Waals surface area contributed by atoms with Crippen LogP contribution in [-0.4, -0.2) is 64.1 Å². The number of likely N-dealkylation sites (N-methyl/N-ethyl adjacent to an activating group) is 1. The molecule has 1 amide bonds. The van der Waals surface area contributed by atoms with Gasteiger partial charge < -0.3 is 20.6 Å². The predicted molar refractivity (Wildman–Crippen MR) is 88.3 cm³/mol. The van der Waals surface area contributed by atoms with E-state index in [1.54, 1.807) is 18.1 Å². The van der Waals surface area contributed by atoms with Crippen molar-refractivity contribution < 1.29 is 9.90 Å². The number of aromatic nitrogens is 2. The van der Waals surface area contributed by atoms with E-state index in [1.165, 1.54) is 0 Å². The van der Waals surface area contributed by atoms with Crippen molar-refractivity contribution in [3.05, 3.63) is 30.6 Å². The molecule has 0 spiro atoms. The predicted octanol–water partition coefficient (Wildman–Crippen LogP) is 0.0827. The number of nitrogens with zero attached hydrogens (tertiary/aromatic N) is 4. The van der Waals surface area contributed by atoms with Crippen molar-refractivity contribution in [1.82, 2.24) is 14.3 Å². The summed E-state index contributed by atoms with van der Waals surface area (Å²) < 4.78 is 2.01. The molecular weight excluding hydrogens is 294 g/mol. The average molecular weight is 317 g/mol. The summed E-state index contributed by atoms with van der Waals surface area (Å²) in [5, 5.41) is 10.8. The van der Waals surface area contributed by atoms with Crippen molar-refractivity contribution in [3.8, 4) is 0 Å². The molecule has 0 radical (unpaired) electrons. The van der Waals surface area contributed by atoms with Gasteiger partial charge in [0.1, 0.15) is 17.1 Å². The molecule has 1 aliphatic heterocycles. The first kappa shape index (κ1) is 15.8. The zero-order valence-corrected chi connectivity index (χ0v) is 13.4. The van der Waals surface area contributed by atoms with Gasteiger partial charge in [0.25, 0.3) is 0 Å². The molecule has 7 nitrogen and oxygen atoms in total. The minimum absolute atomic E-state index is 0.0314. The summed E-state index contributed by atoms with van der Waals surface area (Å²) in [5.41, 5.74) is 5.40. The number of hydrogen-bond acceptors (Lipinski definition) is 5. The van der Waals surface area contributed by atoms with E-state index >= 15 is 0 Å². The lowest BCUT2D eigenvalue weighted by Gasteiger charge is -2.29. The van der Waals surface area contributed by atoms with Gasteiger partial charge in [-0.05, 0) is 18.6 Å². The number of fused-ring (bicyclic) bond motifs is 1. The van der Waals surface area contributed by atoms with Crippen LogP contribution in [0.4, 0.5) is 5.82 Å². The van der Waals surface area contributed by atoms with Gasteiger partial charge in [0.05, 0.1) is 6.54 Å². The molecule has 23 heavy (non-hydrogen) atoms. The van der Waals surface area contributed by atoms with Crippen LogP contribution in [0.5, 0.6) is 0 Å². The van der Waals surface area contributed by atoms with E-state index in [-0.39, 0.29) is 5.91 Å². The maximum absolute atomic E-state index is 11.9. The number of aliphatic hydroxyl groups is 1. The Labute approximate surface area is 135 Å². The smallest absolute Gasteiger partial charge is 0.223 e. The SMILES string of the molecule is CN(C[C@]1(O)CCN(c2cccc3nccn23)C1)C(=O)CCN. The van der Waals surface area contributed by atoms with E-state index in [0.29, 0.717) is 32.5 Å². The van der Waals surface area contributed by atoms with Crippen molar-refractivity contribution in [1.29, 1.82) is 0 Å². The van der Waals surface area contributed by atoms with Crippen LogP contribution in [0.15, 0.2) is 30.6 Å². The van der Waals surface area contributed by atoms with Gasteiger partial charge in [0.15, 0.2) is 0 Å². The van der Waals surface area contributed by atoms with Crippen LogP contribution >= 0.6 is 0 Å². The summed E-state index contributed by atoms with van der Waals surface area (Å²) in [6.07, 6.45) is 4.61. The lowest BCUT2D eigenvalue weighted by Crippen LogP contribution is -2.46. The number of β-amino-alcohol motifs (C(OH)–C–C–N with tert-alkyl or cyclic N) is 1. The third-order valence-corrected chi connectivity index (χ3v) is 4.38. The van der Waals surface area contributed by atoms with Crippen molar-refractivity contribution in [3.63, 3.8) is 0 Å². The third kappa shape index (κ3) is 3.16. The minimum atomic E-state index is -0.901. The van der Waals surface area contributed by atoms with Crippen LogP contribution in [0.3, 0.4) is 0 Å². The second-order valence-corrected chi connectivity index (χ2v) is 6.22. The molecule has 2 aromatic rings. The highest BCUT2D eigenvalue weighted by atomic mass is 16.3. The van der Waals surface area contributed by atoms with E-state index in [1.807, 2.05) is 28.8 Å². The zero-order valence-electron chi connectivity index (χ0n) is 13.4. The number of carbonyl (C=O) groups excluding carboxylic acids is 1. The van der Waals surface area contributed by atoms with Gasteiger partial charge in [0, 0.05) is 45.5 Å². The normalized spacial score (nSPS) is 21.1. The number of carbonyl (C=O) groups is 1. The van der Waals surface area contributed by atoms with E-state index in [2.05, 4.69) is 9.88 Å². The number of imidazole rings is 1. The number of pyridine rings is 1. The lowest BCUT2D eigenvalue weighted by atomic mass is 10.0. The molecule has 0 unspecified atom stereocenters. The molecule has 2 aromatic heterocycles. The Morgan fingerprint density at radius 2 is 2.35 bits per heavy atom. The third-order valence-electron chi connectivity index (χ3n) is 4.38. The number of nitrogens with two attached hydrogens (primary N) is 1. The topological polar surface area (TPSA) is 87.1 Å². The van der Waals surface area contributed by atoms with E-state index < -0.39 is 5.60 Å². The van der Waals surface area contributed by atoms with Gasteiger partial charge >= 0.3 is 0 Å². The van der Waals surface area contributed by atoms with Crippen molar-refractivity contribution in [2.45, 2.75) is 18.4 Å². The Morgan fingerprint density at radius 1 is 1.52 bits per heavy atom. The first-order valence-corrected chi connectivity index (χ1v) is 7.86. The molecule has 3 heterocycles. The summed E-state index contributed by atoms with van der Waals surface area (Å²) in [7, 11) is 1.72. The highest BCUT2D eigenvalue weighted by Gasteiger charge is 2.38. The second kappa shape index (κ2) is 6.17. The van der Waals surface area contributed by atoms with Crippen LogP contribution in [0, 0.1) is 0 Å². The van der Waals surface area contributed by atoms with Crippen LogP contribution < -0.4 is 10.6 Å². The second-order valence-electron chi connectivity index (χ2n) is 6.22. The monoisotopic (exact) mass is 317 g/mol. The van der Waals surface area contributed by atoms with E-state index in [9.17, 15) is 9.90 Å². The van der Waals surface area contributed by atoms with Gasteiger partial charge in [-0.1, -0.05) is 6.07 Å². The Hall–Kier alpha value is -2.12. The maximum atomic E-state index is 11.9. The first-order chi connectivity index (χ1) is 11.0. The Balaban J connectivity index is 1.72. The quantitative estimate of drug-likeness (QED) is 0.816. The van der Waals surface area contributed by atoms with Crippen LogP contribution in [-0.2, 0) is 4.79 Å². The van der Waals surface area contributed by atoms with Gasteiger partial charge in [-0.15, -0.1) is 0 Å². The van der Waals surface area contributed by atoms with Crippen molar-refractivity contribution >= 4 is 17.4 Å². The number of hydrogen-bond donors (Lipinski definition) is 2. The maximum Gasteiger partial charge on any atom is 0.223 e. The molecular formula is C16H23N5O2. The van der Waals surface area contributed by atoms with Crippen LogP contribution in [0.2, 0.25) is 0 Å². The average Bonchev–Trinajstić information content (AvgIpc) is 3.13. The fraction of sp³-hybridized carbons (Fsp3) is 0.500. The van der Waals surface area contributed by atoms with Gasteiger partial charge in [0.2, 0.25) is 5.91 Å². The molecule has 1 fully saturated rings. The molecule has 0 bridgehead atoms. The molecule has 1 atom stereocenters. The van der Waals surface area contributed by atoms with Gasteiger partial charge in [-0.3, -0.25) is 9.20 Å². The summed E-state index contributed by atoms with van der Waals surface area (Å²) in [6, 6.07) is 5.93. The minimum Gasteiger partial charge on any atom is -0.386 e. The molecule has 0 saturated carbocycles. The molecule has 124 valence electrons. The number of rotatable bonds is 5. The molecule has 1 aliphatic rings. The summed E-state index contributed by atoms with van der Waals surface area (Å²) in [4.78, 5) is 19.9. The highest BCUT2D eigenvalue weighted by molar-refractivity contribution is 5.76. The Morgan fingerprint density at radius 3 is 3.13 bits per heavy atom. The molecule has 1 saturated heterocycles. The number of anilines is 1.